The summed E-state index contributed by atoms with van der Waals surface area (Å²) >= 11 is 0. The third-order valence-electron chi connectivity index (χ3n) is 4.08. The van der Waals surface area contributed by atoms with E-state index in [9.17, 15) is 9.90 Å². The first-order valence-electron chi connectivity index (χ1n) is 8.01. The van der Waals surface area contributed by atoms with Gasteiger partial charge in [0.2, 0.25) is 0 Å². The molecule has 0 saturated heterocycles. The quantitative estimate of drug-likeness (QED) is 0.823. The van der Waals surface area contributed by atoms with E-state index in [1.165, 1.54) is 0 Å². The lowest BCUT2D eigenvalue weighted by molar-refractivity contribution is -0.171. The normalized spacial score (nSPS) is 15.0. The molecule has 122 valence electrons. The van der Waals surface area contributed by atoms with Crippen LogP contribution >= 0.6 is 0 Å². The van der Waals surface area contributed by atoms with Crippen molar-refractivity contribution < 1.29 is 14.6 Å². The van der Waals surface area contributed by atoms with Gasteiger partial charge in [-0.1, -0.05) is 74.5 Å². The van der Waals surface area contributed by atoms with Gasteiger partial charge in [0.05, 0.1) is 6.61 Å². The highest BCUT2D eigenvalue weighted by Crippen LogP contribution is 2.42. The summed E-state index contributed by atoms with van der Waals surface area (Å²) in [6.07, 6.45) is 0. The molecule has 0 saturated carbocycles. The van der Waals surface area contributed by atoms with Crippen LogP contribution in [0.15, 0.2) is 60.7 Å². The molecular formula is C20H24O3. The fraction of sp³-hybridized carbons (Fsp3) is 0.350. The van der Waals surface area contributed by atoms with E-state index in [2.05, 4.69) is 0 Å². The van der Waals surface area contributed by atoms with Crippen molar-refractivity contribution in [1.82, 2.24) is 0 Å². The van der Waals surface area contributed by atoms with E-state index in [-0.39, 0.29) is 12.5 Å². The maximum absolute atomic E-state index is 12.7. The molecule has 2 aromatic carbocycles. The predicted octanol–water partition coefficient (Wildman–Crippen LogP) is 3.88. The Labute approximate surface area is 137 Å². The Hall–Kier alpha value is -2.13. The van der Waals surface area contributed by atoms with Crippen LogP contribution in [0.25, 0.3) is 0 Å². The molecule has 0 radical (unpaired) electrons. The highest BCUT2D eigenvalue weighted by atomic mass is 16.5. The fourth-order valence-electron chi connectivity index (χ4n) is 3.13. The average molecular weight is 312 g/mol. The topological polar surface area (TPSA) is 46.5 Å². The molecule has 2 aromatic rings. The maximum atomic E-state index is 12.7. The van der Waals surface area contributed by atoms with Gasteiger partial charge < -0.3 is 9.84 Å². The summed E-state index contributed by atoms with van der Waals surface area (Å²) in [6, 6.07) is 18.7. The monoisotopic (exact) mass is 312 g/mol. The summed E-state index contributed by atoms with van der Waals surface area (Å²) < 4.78 is 5.23. The van der Waals surface area contributed by atoms with E-state index < -0.39 is 17.5 Å². The van der Waals surface area contributed by atoms with Crippen LogP contribution in [0.5, 0.6) is 0 Å². The van der Waals surface area contributed by atoms with Crippen molar-refractivity contribution in [3.63, 3.8) is 0 Å². The Kier molecular flexibility index (Phi) is 5.56. The highest BCUT2D eigenvalue weighted by Gasteiger charge is 2.48. The standard InChI is InChI=1S/C20H24O3/c1-4-23-19(21)20(22,17-13-9-6-10-14-17)18(15(2)3)16-11-7-5-8-12-16/h5-15,18,22H,4H2,1-3H3. The van der Waals surface area contributed by atoms with Crippen molar-refractivity contribution in [3.8, 4) is 0 Å². The minimum Gasteiger partial charge on any atom is -0.464 e. The number of carbonyl (C=O) groups is 1. The Morgan fingerprint density at radius 3 is 2.04 bits per heavy atom. The van der Waals surface area contributed by atoms with Crippen molar-refractivity contribution in [2.24, 2.45) is 5.92 Å². The van der Waals surface area contributed by atoms with Crippen LogP contribution in [0.2, 0.25) is 0 Å². The summed E-state index contributed by atoms with van der Waals surface area (Å²) in [6.45, 7) is 5.99. The zero-order chi connectivity index (χ0) is 16.9. The SMILES string of the molecule is CCOC(=O)C(O)(c1ccccc1)C(c1ccccc1)C(C)C. The van der Waals surface area contributed by atoms with E-state index in [0.717, 1.165) is 5.56 Å². The lowest BCUT2D eigenvalue weighted by atomic mass is 9.71. The second kappa shape index (κ2) is 7.42. The first-order valence-corrected chi connectivity index (χ1v) is 8.01. The number of aliphatic hydroxyl groups is 1. The molecule has 3 heteroatoms. The van der Waals surface area contributed by atoms with Crippen molar-refractivity contribution >= 4 is 5.97 Å². The maximum Gasteiger partial charge on any atom is 0.343 e. The summed E-state index contributed by atoms with van der Waals surface area (Å²) in [5, 5.41) is 11.5. The van der Waals surface area contributed by atoms with Crippen molar-refractivity contribution in [3.05, 3.63) is 71.8 Å². The molecule has 23 heavy (non-hydrogen) atoms. The summed E-state index contributed by atoms with van der Waals surface area (Å²) in [5.41, 5.74) is -0.241. The van der Waals surface area contributed by atoms with Gasteiger partial charge in [-0.05, 0) is 24.0 Å². The minimum absolute atomic E-state index is 0.0482. The lowest BCUT2D eigenvalue weighted by Gasteiger charge is -2.37. The minimum atomic E-state index is -1.72. The second-order valence-electron chi connectivity index (χ2n) is 5.99. The molecule has 0 aliphatic rings. The smallest absolute Gasteiger partial charge is 0.343 e. The first kappa shape index (κ1) is 17.2. The van der Waals surface area contributed by atoms with E-state index in [1.807, 2.05) is 62.4 Å². The number of esters is 1. The van der Waals surface area contributed by atoms with Crippen LogP contribution in [0, 0.1) is 5.92 Å². The number of carbonyl (C=O) groups excluding carboxylic acids is 1. The molecule has 0 heterocycles. The number of hydrogen-bond acceptors (Lipinski definition) is 3. The number of rotatable bonds is 6. The van der Waals surface area contributed by atoms with Gasteiger partial charge >= 0.3 is 5.97 Å². The summed E-state index contributed by atoms with van der Waals surface area (Å²) in [4.78, 5) is 12.7. The average Bonchev–Trinajstić information content (AvgIpc) is 2.56. The van der Waals surface area contributed by atoms with Gasteiger partial charge in [0, 0.05) is 5.92 Å². The van der Waals surface area contributed by atoms with Gasteiger partial charge in [-0.3, -0.25) is 0 Å². The van der Waals surface area contributed by atoms with E-state index in [1.54, 1.807) is 19.1 Å². The Morgan fingerprint density at radius 1 is 1.04 bits per heavy atom. The third kappa shape index (κ3) is 3.45. The van der Waals surface area contributed by atoms with Crippen molar-refractivity contribution in [2.75, 3.05) is 6.61 Å². The molecule has 0 amide bonds. The largest absolute Gasteiger partial charge is 0.464 e. The summed E-state index contributed by atoms with van der Waals surface area (Å²) in [7, 11) is 0. The van der Waals surface area contributed by atoms with Gasteiger partial charge in [-0.25, -0.2) is 4.79 Å². The molecule has 3 nitrogen and oxygen atoms in total. The van der Waals surface area contributed by atoms with Crippen LogP contribution in [0.4, 0.5) is 0 Å². The molecule has 0 fully saturated rings. The number of hydrogen-bond donors (Lipinski definition) is 1. The van der Waals surface area contributed by atoms with E-state index >= 15 is 0 Å². The van der Waals surface area contributed by atoms with Gasteiger partial charge in [0.15, 0.2) is 5.60 Å². The molecule has 0 aromatic heterocycles. The van der Waals surface area contributed by atoms with Gasteiger partial charge in [-0.2, -0.15) is 0 Å². The number of ether oxygens (including phenoxy) is 1. The zero-order valence-electron chi connectivity index (χ0n) is 13.9. The van der Waals surface area contributed by atoms with Gasteiger partial charge in [-0.15, -0.1) is 0 Å². The van der Waals surface area contributed by atoms with Crippen LogP contribution in [-0.4, -0.2) is 17.7 Å². The molecule has 2 atom stereocenters. The van der Waals surface area contributed by atoms with E-state index in [0.29, 0.717) is 5.56 Å². The predicted molar refractivity (Wildman–Crippen MR) is 91.0 cm³/mol. The molecule has 0 spiro atoms. The second-order valence-corrected chi connectivity index (χ2v) is 5.99. The fourth-order valence-corrected chi connectivity index (χ4v) is 3.13. The zero-order valence-corrected chi connectivity index (χ0v) is 13.9. The van der Waals surface area contributed by atoms with Crippen molar-refractivity contribution in [1.29, 1.82) is 0 Å². The molecule has 0 aliphatic heterocycles. The van der Waals surface area contributed by atoms with Crippen molar-refractivity contribution in [2.45, 2.75) is 32.3 Å². The Bertz CT molecular complexity index is 622. The highest BCUT2D eigenvalue weighted by molar-refractivity contribution is 5.82. The molecular weight excluding hydrogens is 288 g/mol. The van der Waals surface area contributed by atoms with Crippen LogP contribution in [0.3, 0.4) is 0 Å². The molecule has 1 N–H and O–H groups in total. The number of benzene rings is 2. The third-order valence-corrected chi connectivity index (χ3v) is 4.08. The van der Waals surface area contributed by atoms with E-state index in [4.69, 9.17) is 4.74 Å². The lowest BCUT2D eigenvalue weighted by Crippen LogP contribution is -2.45. The van der Waals surface area contributed by atoms with Gasteiger partial charge in [0.1, 0.15) is 0 Å². The molecule has 2 rings (SSSR count). The summed E-state index contributed by atoms with van der Waals surface area (Å²) in [5.74, 6) is -0.953. The van der Waals surface area contributed by atoms with Gasteiger partial charge in [0.25, 0.3) is 0 Å². The first-order chi connectivity index (χ1) is 11.0. The Morgan fingerprint density at radius 2 is 1.57 bits per heavy atom. The molecule has 0 aliphatic carbocycles. The van der Waals surface area contributed by atoms with Crippen LogP contribution < -0.4 is 0 Å². The van der Waals surface area contributed by atoms with Crippen LogP contribution in [0.1, 0.15) is 37.8 Å². The molecule has 2 unspecified atom stereocenters. The molecule has 0 bridgehead atoms. The Balaban J connectivity index is 2.61. The van der Waals surface area contributed by atoms with Crippen LogP contribution in [-0.2, 0) is 15.1 Å².